The SMILES string of the molecule is C[C@@H]1CCCN(CCCN2C(=O)[C@@H]3[C@H](C(=O)Nc4ccc(Cl)cc4)[C@@H]4C=C[C@@]3(O4)[C@@H]2C(=O)NC2CCCCC2)C1. The lowest BCUT2D eigenvalue weighted by molar-refractivity contribution is -0.141. The second-order valence-electron chi connectivity index (χ2n) is 12.5. The van der Waals surface area contributed by atoms with Crippen molar-refractivity contribution in [1.29, 1.82) is 0 Å². The number of piperidine rings is 1. The number of anilines is 1. The normalized spacial score (nSPS) is 33.8. The fraction of sp³-hybridized carbons (Fsp3) is 0.645. The van der Waals surface area contributed by atoms with Crippen molar-refractivity contribution in [2.75, 3.05) is 31.5 Å². The van der Waals surface area contributed by atoms with Crippen molar-refractivity contribution in [2.24, 2.45) is 17.8 Å². The van der Waals surface area contributed by atoms with Gasteiger partial charge in [-0.1, -0.05) is 49.9 Å². The zero-order valence-corrected chi connectivity index (χ0v) is 24.1. The summed E-state index contributed by atoms with van der Waals surface area (Å²) in [7, 11) is 0. The molecular weight excluding hydrogens is 528 g/mol. The van der Waals surface area contributed by atoms with Gasteiger partial charge < -0.3 is 25.2 Å². The first kappa shape index (κ1) is 27.7. The van der Waals surface area contributed by atoms with Crippen LogP contribution in [-0.4, -0.2) is 77.5 Å². The molecule has 0 radical (unpaired) electrons. The van der Waals surface area contributed by atoms with Crippen LogP contribution in [0.2, 0.25) is 5.02 Å². The number of ether oxygens (including phenoxy) is 1. The van der Waals surface area contributed by atoms with Crippen LogP contribution in [0, 0.1) is 17.8 Å². The largest absolute Gasteiger partial charge is 0.359 e. The standard InChI is InChI=1S/C31H41ClN4O4/c1-20-7-5-16-35(19-20)17-6-18-36-27(29(38)34-22-8-3-2-4-9-22)31-15-14-24(40-31)25(26(31)30(36)39)28(37)33-23-12-10-21(32)11-13-23/h10-15,20,22,24-27H,2-9,16-19H2,1H3,(H,33,37)(H,34,38)/t20-,24+,25-,26+,27+,31+/m1/s1. The first-order valence-electron chi connectivity index (χ1n) is 15.1. The van der Waals surface area contributed by atoms with E-state index in [4.69, 9.17) is 16.3 Å². The van der Waals surface area contributed by atoms with Gasteiger partial charge in [0.25, 0.3) is 0 Å². The lowest BCUT2D eigenvalue weighted by atomic mass is 9.74. The highest BCUT2D eigenvalue weighted by Gasteiger charge is 2.72. The molecule has 3 amide bonds. The summed E-state index contributed by atoms with van der Waals surface area (Å²) in [6.07, 6.45) is 11.8. The summed E-state index contributed by atoms with van der Waals surface area (Å²) >= 11 is 6.01. The molecule has 40 heavy (non-hydrogen) atoms. The average Bonchev–Trinajstić information content (AvgIpc) is 3.58. The quantitative estimate of drug-likeness (QED) is 0.463. The van der Waals surface area contributed by atoms with Crippen LogP contribution in [-0.2, 0) is 19.1 Å². The number of amides is 3. The van der Waals surface area contributed by atoms with Gasteiger partial charge in [-0.05, 0) is 75.4 Å². The predicted molar refractivity (Wildman–Crippen MR) is 154 cm³/mol. The molecule has 6 atom stereocenters. The third-order valence-corrected chi connectivity index (χ3v) is 9.85. The van der Waals surface area contributed by atoms with Crippen molar-refractivity contribution >= 4 is 35.0 Å². The van der Waals surface area contributed by atoms with Gasteiger partial charge in [0.15, 0.2) is 0 Å². The molecule has 2 N–H and O–H groups in total. The Hall–Kier alpha value is -2.42. The Bertz CT molecular complexity index is 1150. The zero-order valence-electron chi connectivity index (χ0n) is 23.3. The smallest absolute Gasteiger partial charge is 0.246 e. The van der Waals surface area contributed by atoms with Crippen LogP contribution >= 0.6 is 11.6 Å². The van der Waals surface area contributed by atoms with Crippen LogP contribution in [0.1, 0.15) is 58.3 Å². The number of hydrogen-bond donors (Lipinski definition) is 2. The molecule has 1 spiro atoms. The highest BCUT2D eigenvalue weighted by Crippen LogP contribution is 2.55. The van der Waals surface area contributed by atoms with E-state index in [1.165, 1.54) is 19.3 Å². The van der Waals surface area contributed by atoms with Gasteiger partial charge in [0.2, 0.25) is 17.7 Å². The van der Waals surface area contributed by atoms with Crippen molar-refractivity contribution in [3.63, 3.8) is 0 Å². The average molecular weight is 569 g/mol. The molecule has 1 aromatic carbocycles. The summed E-state index contributed by atoms with van der Waals surface area (Å²) in [6, 6.07) is 6.26. The maximum Gasteiger partial charge on any atom is 0.246 e. The van der Waals surface area contributed by atoms with Crippen molar-refractivity contribution < 1.29 is 19.1 Å². The number of carbonyl (C=O) groups excluding carboxylic acids is 3. The van der Waals surface area contributed by atoms with Crippen LogP contribution in [0.15, 0.2) is 36.4 Å². The summed E-state index contributed by atoms with van der Waals surface area (Å²) in [6.45, 7) is 5.81. The predicted octanol–water partition coefficient (Wildman–Crippen LogP) is 4.00. The van der Waals surface area contributed by atoms with Crippen LogP contribution < -0.4 is 10.6 Å². The molecule has 4 aliphatic heterocycles. The van der Waals surface area contributed by atoms with Gasteiger partial charge in [-0.2, -0.15) is 0 Å². The number of carbonyl (C=O) groups is 3. The van der Waals surface area contributed by atoms with Crippen molar-refractivity contribution in [1.82, 2.24) is 15.1 Å². The Morgan fingerprint density at radius 1 is 1.05 bits per heavy atom. The van der Waals surface area contributed by atoms with Gasteiger partial charge in [-0.25, -0.2) is 0 Å². The Kier molecular flexibility index (Phi) is 7.94. The second-order valence-corrected chi connectivity index (χ2v) is 12.9. The molecule has 8 nitrogen and oxygen atoms in total. The van der Waals surface area contributed by atoms with Gasteiger partial charge in [0.05, 0.1) is 17.9 Å². The van der Waals surface area contributed by atoms with Gasteiger partial charge >= 0.3 is 0 Å². The van der Waals surface area contributed by atoms with E-state index in [0.717, 1.165) is 51.7 Å². The molecule has 9 heteroatoms. The molecule has 1 aromatic rings. The minimum absolute atomic E-state index is 0.120. The van der Waals surface area contributed by atoms with Crippen molar-refractivity contribution in [3.8, 4) is 0 Å². The summed E-state index contributed by atoms with van der Waals surface area (Å²) < 4.78 is 6.48. The molecule has 4 heterocycles. The van der Waals surface area contributed by atoms with E-state index in [1.807, 2.05) is 12.2 Å². The molecule has 6 rings (SSSR count). The molecule has 1 aliphatic carbocycles. The third kappa shape index (κ3) is 5.19. The Morgan fingerprint density at radius 3 is 2.58 bits per heavy atom. The van der Waals surface area contributed by atoms with E-state index in [9.17, 15) is 14.4 Å². The lowest BCUT2D eigenvalue weighted by Crippen LogP contribution is -2.56. The maximum absolute atomic E-state index is 14.1. The van der Waals surface area contributed by atoms with Gasteiger partial charge in [0, 0.05) is 29.8 Å². The zero-order chi connectivity index (χ0) is 27.9. The summed E-state index contributed by atoms with van der Waals surface area (Å²) in [5.74, 6) is -1.33. The van der Waals surface area contributed by atoms with Crippen molar-refractivity contribution in [3.05, 3.63) is 41.4 Å². The van der Waals surface area contributed by atoms with E-state index < -0.39 is 29.6 Å². The number of likely N-dealkylation sites (tertiary alicyclic amines) is 2. The first-order valence-corrected chi connectivity index (χ1v) is 15.5. The minimum atomic E-state index is -1.12. The van der Waals surface area contributed by atoms with Gasteiger partial charge in [-0.3, -0.25) is 14.4 Å². The number of halogens is 1. The third-order valence-electron chi connectivity index (χ3n) is 9.60. The number of nitrogens with zero attached hydrogens (tertiary/aromatic N) is 2. The Balaban J connectivity index is 1.23. The van der Waals surface area contributed by atoms with E-state index in [0.29, 0.717) is 23.2 Å². The van der Waals surface area contributed by atoms with Crippen LogP contribution in [0.3, 0.4) is 0 Å². The fourth-order valence-corrected chi connectivity index (χ4v) is 7.87. The van der Waals surface area contributed by atoms with E-state index in [-0.39, 0.29) is 23.8 Å². The minimum Gasteiger partial charge on any atom is -0.359 e. The monoisotopic (exact) mass is 568 g/mol. The second kappa shape index (κ2) is 11.5. The molecule has 0 aromatic heterocycles. The number of nitrogens with one attached hydrogen (secondary N) is 2. The number of hydrogen-bond acceptors (Lipinski definition) is 5. The molecule has 4 fully saturated rings. The number of rotatable bonds is 8. The van der Waals surface area contributed by atoms with E-state index in [1.54, 1.807) is 29.2 Å². The number of fused-ring (bicyclic) bond motifs is 1. The Labute approximate surface area is 241 Å². The van der Waals surface area contributed by atoms with Gasteiger partial charge in [0.1, 0.15) is 11.6 Å². The molecular formula is C31H41ClN4O4. The Morgan fingerprint density at radius 2 is 1.82 bits per heavy atom. The van der Waals surface area contributed by atoms with Crippen molar-refractivity contribution in [2.45, 2.75) is 82.1 Å². The maximum atomic E-state index is 14.1. The van der Waals surface area contributed by atoms with Crippen LogP contribution in [0.4, 0.5) is 5.69 Å². The summed E-state index contributed by atoms with van der Waals surface area (Å²) in [5.41, 5.74) is -0.512. The molecule has 5 aliphatic rings. The van der Waals surface area contributed by atoms with E-state index >= 15 is 0 Å². The summed E-state index contributed by atoms with van der Waals surface area (Å²) in [4.78, 5) is 45.9. The molecule has 3 saturated heterocycles. The molecule has 1 saturated carbocycles. The highest BCUT2D eigenvalue weighted by atomic mass is 35.5. The molecule has 216 valence electrons. The van der Waals surface area contributed by atoms with Gasteiger partial charge in [-0.15, -0.1) is 0 Å². The number of benzene rings is 1. The first-order chi connectivity index (χ1) is 19.4. The fourth-order valence-electron chi connectivity index (χ4n) is 7.75. The highest BCUT2D eigenvalue weighted by molar-refractivity contribution is 6.30. The summed E-state index contributed by atoms with van der Waals surface area (Å²) in [5, 5.41) is 6.80. The lowest BCUT2D eigenvalue weighted by Gasteiger charge is -2.35. The molecule has 0 unspecified atom stereocenters. The van der Waals surface area contributed by atoms with Crippen LogP contribution in [0.5, 0.6) is 0 Å². The van der Waals surface area contributed by atoms with E-state index in [2.05, 4.69) is 22.5 Å². The molecule has 2 bridgehead atoms. The van der Waals surface area contributed by atoms with Crippen LogP contribution in [0.25, 0.3) is 0 Å². The topological polar surface area (TPSA) is 91.0 Å².